The zero-order valence-corrected chi connectivity index (χ0v) is 21.7. The molecule has 0 atom stereocenters. The minimum Gasteiger partial charge on any atom is -0.333 e. The van der Waals surface area contributed by atoms with Crippen molar-refractivity contribution < 1.29 is 13.6 Å². The van der Waals surface area contributed by atoms with Crippen LogP contribution in [0, 0.1) is 11.6 Å². The number of nitrogens with zero attached hydrogens (tertiary/aromatic N) is 3. The summed E-state index contributed by atoms with van der Waals surface area (Å²) in [6.45, 7) is 2.10. The number of rotatable bonds is 5. The van der Waals surface area contributed by atoms with E-state index in [1.54, 1.807) is 41.1 Å². The van der Waals surface area contributed by atoms with Gasteiger partial charge in [0.1, 0.15) is 16.8 Å². The Hall–Kier alpha value is -2.97. The fourth-order valence-corrected chi connectivity index (χ4v) is 5.09. The first-order valence-corrected chi connectivity index (χ1v) is 12.7. The van der Waals surface area contributed by atoms with Crippen LogP contribution in [0.3, 0.4) is 0 Å². The first-order valence-electron chi connectivity index (χ1n) is 11.5. The van der Waals surface area contributed by atoms with Crippen LogP contribution in [0.4, 0.5) is 13.6 Å². The molecule has 1 aliphatic heterocycles. The van der Waals surface area contributed by atoms with E-state index in [0.717, 1.165) is 28.3 Å². The number of amides is 1. The van der Waals surface area contributed by atoms with E-state index in [2.05, 4.69) is 15.2 Å². The van der Waals surface area contributed by atoms with E-state index in [1.165, 1.54) is 12.1 Å². The van der Waals surface area contributed by atoms with Gasteiger partial charge in [-0.2, -0.15) is 0 Å². The van der Waals surface area contributed by atoms with Crippen molar-refractivity contribution in [2.45, 2.75) is 19.5 Å². The van der Waals surface area contributed by atoms with Crippen molar-refractivity contribution in [1.82, 2.24) is 19.8 Å². The summed E-state index contributed by atoms with van der Waals surface area (Å²) in [5.74, 6) is -1.21. The molecular weight excluding hydrogens is 541 g/mol. The molecule has 5 nitrogen and oxygen atoms in total. The lowest BCUT2D eigenvalue weighted by Gasteiger charge is -2.27. The number of hydrogen-bond acceptors (Lipinski definition) is 3. The summed E-state index contributed by atoms with van der Waals surface area (Å²) in [5, 5.41) is 4.93. The number of hydrogen-bond donors (Lipinski definition) is 1. The standard InChI is InChI=1S/C27H21Cl3F2N4O/c28-21-12-19-20-15-35(8-1-2-17-3-4-18(31)11-23(17)32)9-6-24(20)36(25(19)13-22(21)29)27(37)34-14-16-5-7-33-26(30)10-16/h1-5,7,10-13H,6,8-9,14-15H2,(H,34,37). The fourth-order valence-electron chi connectivity index (χ4n) is 4.57. The van der Waals surface area contributed by atoms with Gasteiger partial charge >= 0.3 is 6.03 Å². The smallest absolute Gasteiger partial charge is 0.326 e. The van der Waals surface area contributed by atoms with Crippen molar-refractivity contribution in [3.63, 3.8) is 0 Å². The van der Waals surface area contributed by atoms with Gasteiger partial charge < -0.3 is 5.32 Å². The lowest BCUT2D eigenvalue weighted by Crippen LogP contribution is -2.34. The molecule has 10 heteroatoms. The highest BCUT2D eigenvalue weighted by molar-refractivity contribution is 6.42. The van der Waals surface area contributed by atoms with E-state index >= 15 is 0 Å². The molecule has 0 radical (unpaired) electrons. The number of fused-ring (bicyclic) bond motifs is 3. The Morgan fingerprint density at radius 3 is 2.68 bits per heavy atom. The van der Waals surface area contributed by atoms with Crippen molar-refractivity contribution in [3.05, 3.63) is 104 Å². The molecule has 1 N–H and O–H groups in total. The van der Waals surface area contributed by atoms with E-state index in [0.29, 0.717) is 52.3 Å². The van der Waals surface area contributed by atoms with Crippen molar-refractivity contribution in [3.8, 4) is 0 Å². The Morgan fingerprint density at radius 2 is 1.89 bits per heavy atom. The van der Waals surface area contributed by atoms with Crippen molar-refractivity contribution in [2.24, 2.45) is 0 Å². The minimum atomic E-state index is -0.609. The fraction of sp³-hybridized carbons (Fsp3) is 0.185. The predicted molar refractivity (Wildman–Crippen MR) is 143 cm³/mol. The number of benzene rings is 2. The molecule has 0 unspecified atom stereocenters. The van der Waals surface area contributed by atoms with Gasteiger partial charge in [0, 0.05) is 61.5 Å². The normalized spacial score (nSPS) is 13.9. The Bertz CT molecular complexity index is 1540. The maximum Gasteiger partial charge on any atom is 0.326 e. The van der Waals surface area contributed by atoms with Gasteiger partial charge in [-0.25, -0.2) is 18.6 Å². The van der Waals surface area contributed by atoms with Gasteiger partial charge in [0.2, 0.25) is 0 Å². The number of pyridine rings is 1. The predicted octanol–water partition coefficient (Wildman–Crippen LogP) is 7.10. The number of nitrogens with one attached hydrogen (secondary N) is 1. The van der Waals surface area contributed by atoms with E-state index < -0.39 is 11.6 Å². The summed E-state index contributed by atoms with van der Waals surface area (Å²) in [5.41, 5.74) is 3.71. The van der Waals surface area contributed by atoms with Crippen molar-refractivity contribution in [2.75, 3.05) is 13.1 Å². The van der Waals surface area contributed by atoms with Crippen LogP contribution in [-0.2, 0) is 19.5 Å². The monoisotopic (exact) mass is 560 g/mol. The Morgan fingerprint density at radius 1 is 1.08 bits per heavy atom. The summed E-state index contributed by atoms with van der Waals surface area (Å²) < 4.78 is 28.8. The Labute approximate surface area is 227 Å². The molecule has 0 aliphatic carbocycles. The zero-order valence-electron chi connectivity index (χ0n) is 19.4. The van der Waals surface area contributed by atoms with E-state index in [-0.39, 0.29) is 12.6 Å². The topological polar surface area (TPSA) is 50.2 Å². The van der Waals surface area contributed by atoms with Gasteiger partial charge in [0.05, 0.1) is 15.6 Å². The number of aromatic nitrogens is 2. The molecule has 2 aromatic heterocycles. The summed E-state index contributed by atoms with van der Waals surface area (Å²) in [6.07, 6.45) is 5.69. The quantitative estimate of drug-likeness (QED) is 0.264. The third kappa shape index (κ3) is 5.50. The van der Waals surface area contributed by atoms with Crippen LogP contribution in [-0.4, -0.2) is 33.6 Å². The molecule has 2 aromatic carbocycles. The van der Waals surface area contributed by atoms with Crippen LogP contribution in [0.1, 0.15) is 22.4 Å². The maximum atomic E-state index is 13.9. The summed E-state index contributed by atoms with van der Waals surface area (Å²) in [4.78, 5) is 19.5. The number of halogens is 5. The summed E-state index contributed by atoms with van der Waals surface area (Å²) in [7, 11) is 0. The van der Waals surface area contributed by atoms with Gasteiger partial charge in [-0.1, -0.05) is 47.0 Å². The summed E-state index contributed by atoms with van der Waals surface area (Å²) >= 11 is 18.6. The largest absolute Gasteiger partial charge is 0.333 e. The van der Waals surface area contributed by atoms with Crippen molar-refractivity contribution in [1.29, 1.82) is 0 Å². The van der Waals surface area contributed by atoms with Crippen LogP contribution in [0.25, 0.3) is 17.0 Å². The minimum absolute atomic E-state index is 0.280. The Kier molecular flexibility index (Phi) is 7.49. The van der Waals surface area contributed by atoms with Crippen molar-refractivity contribution >= 4 is 57.8 Å². The molecule has 1 amide bonds. The van der Waals surface area contributed by atoms with Crippen LogP contribution in [0.15, 0.2) is 54.7 Å². The van der Waals surface area contributed by atoms with Gasteiger partial charge in [-0.15, -0.1) is 0 Å². The van der Waals surface area contributed by atoms with Gasteiger partial charge in [-0.05, 0) is 47.5 Å². The van der Waals surface area contributed by atoms with Crippen LogP contribution in [0.2, 0.25) is 15.2 Å². The molecule has 5 rings (SSSR count). The zero-order chi connectivity index (χ0) is 26.1. The second kappa shape index (κ2) is 10.8. The maximum absolute atomic E-state index is 13.9. The third-order valence-electron chi connectivity index (χ3n) is 6.33. The highest BCUT2D eigenvalue weighted by Crippen LogP contribution is 2.36. The molecule has 0 spiro atoms. The lowest BCUT2D eigenvalue weighted by atomic mass is 10.0. The van der Waals surface area contributed by atoms with Crippen LogP contribution in [0.5, 0.6) is 0 Å². The van der Waals surface area contributed by atoms with Gasteiger partial charge in [0.15, 0.2) is 0 Å². The molecule has 0 bridgehead atoms. The van der Waals surface area contributed by atoms with Gasteiger partial charge in [-0.3, -0.25) is 9.47 Å². The number of carbonyl (C=O) groups is 1. The number of carbonyl (C=O) groups excluding carboxylic acids is 1. The van der Waals surface area contributed by atoms with Crippen LogP contribution >= 0.6 is 34.8 Å². The highest BCUT2D eigenvalue weighted by Gasteiger charge is 2.27. The average molecular weight is 562 g/mol. The van der Waals surface area contributed by atoms with E-state index in [9.17, 15) is 13.6 Å². The first-order chi connectivity index (χ1) is 17.8. The molecule has 37 heavy (non-hydrogen) atoms. The van der Waals surface area contributed by atoms with Crippen LogP contribution < -0.4 is 5.32 Å². The molecule has 0 saturated carbocycles. The Balaban J connectivity index is 1.40. The average Bonchev–Trinajstić information content (AvgIpc) is 3.17. The molecule has 1 aliphatic rings. The first kappa shape index (κ1) is 25.7. The molecule has 0 fully saturated rings. The second-order valence-corrected chi connectivity index (χ2v) is 9.94. The molecular formula is C27H21Cl3F2N4O. The lowest BCUT2D eigenvalue weighted by molar-refractivity contribution is 0.240. The molecule has 4 aromatic rings. The molecule has 0 saturated heterocycles. The van der Waals surface area contributed by atoms with E-state index in [1.807, 2.05) is 6.08 Å². The van der Waals surface area contributed by atoms with E-state index in [4.69, 9.17) is 34.8 Å². The molecule has 190 valence electrons. The summed E-state index contributed by atoms with van der Waals surface area (Å²) in [6, 6.07) is 10.2. The van der Waals surface area contributed by atoms with Gasteiger partial charge in [0.25, 0.3) is 0 Å². The SMILES string of the molecule is O=C(NCc1ccnc(Cl)c1)n1c2c(c3cc(Cl)c(Cl)cc31)CN(CC=Cc1ccc(F)cc1F)CC2. The highest BCUT2D eigenvalue weighted by atomic mass is 35.5. The molecule has 3 heterocycles. The second-order valence-electron chi connectivity index (χ2n) is 8.74. The third-order valence-corrected chi connectivity index (χ3v) is 7.26.